The van der Waals surface area contributed by atoms with E-state index in [9.17, 15) is 5.11 Å². The van der Waals surface area contributed by atoms with Gasteiger partial charge in [0.1, 0.15) is 5.82 Å². The minimum Gasteiger partial charge on any atom is -0.390 e. The van der Waals surface area contributed by atoms with Crippen molar-refractivity contribution in [3.8, 4) is 0 Å². The molecule has 2 aliphatic rings. The van der Waals surface area contributed by atoms with E-state index in [4.69, 9.17) is 4.74 Å². The molecule has 0 bridgehead atoms. The molecule has 1 saturated heterocycles. The third-order valence-corrected chi connectivity index (χ3v) is 4.19. The number of aliphatic hydroxyl groups is 1. The second kappa shape index (κ2) is 6.79. The number of aromatic nitrogens is 2. The molecule has 6 heteroatoms. The lowest BCUT2D eigenvalue weighted by Crippen LogP contribution is -2.45. The maximum absolute atomic E-state index is 10.3. The van der Waals surface area contributed by atoms with Gasteiger partial charge in [-0.25, -0.2) is 9.97 Å². The van der Waals surface area contributed by atoms with E-state index in [-0.39, 0.29) is 6.10 Å². The lowest BCUT2D eigenvalue weighted by molar-refractivity contribution is 0.00574. The Balaban J connectivity index is 1.51. The Morgan fingerprint density at radius 1 is 1.24 bits per heavy atom. The van der Waals surface area contributed by atoms with Crippen LogP contribution in [-0.2, 0) is 17.7 Å². The van der Waals surface area contributed by atoms with Gasteiger partial charge in [-0.2, -0.15) is 0 Å². The van der Waals surface area contributed by atoms with Gasteiger partial charge in [0.05, 0.1) is 25.0 Å². The molecule has 3 heterocycles. The molecule has 0 spiro atoms. The monoisotopic (exact) mass is 292 g/mol. The van der Waals surface area contributed by atoms with E-state index in [0.29, 0.717) is 6.54 Å². The quantitative estimate of drug-likeness (QED) is 0.832. The summed E-state index contributed by atoms with van der Waals surface area (Å²) in [6.45, 7) is 8.55. The van der Waals surface area contributed by atoms with Gasteiger partial charge in [-0.3, -0.25) is 9.80 Å². The second-order valence-electron chi connectivity index (χ2n) is 5.94. The maximum Gasteiger partial charge on any atom is 0.125 e. The molecule has 1 N–H and O–H groups in total. The molecule has 1 fully saturated rings. The molecule has 3 rings (SSSR count). The number of ether oxygens (including phenoxy) is 1. The summed E-state index contributed by atoms with van der Waals surface area (Å²) in [5, 5.41) is 10.3. The Morgan fingerprint density at radius 2 is 2.00 bits per heavy atom. The average Bonchev–Trinajstić information content (AvgIpc) is 2.47. The molecule has 1 aromatic heterocycles. The Labute approximate surface area is 125 Å². The number of hydrogen-bond donors (Lipinski definition) is 1. The van der Waals surface area contributed by atoms with Crippen LogP contribution >= 0.6 is 0 Å². The SMILES string of the molecule is Cc1ncc2c(n1)CN(C[C@@H](O)CN1CCOCC1)CC2. The van der Waals surface area contributed by atoms with E-state index in [1.165, 1.54) is 5.56 Å². The van der Waals surface area contributed by atoms with E-state index in [2.05, 4.69) is 19.8 Å². The first kappa shape index (κ1) is 14.8. The molecule has 116 valence electrons. The molecule has 0 aliphatic carbocycles. The fourth-order valence-corrected chi connectivity index (χ4v) is 3.05. The van der Waals surface area contributed by atoms with Crippen LogP contribution in [0, 0.1) is 6.92 Å². The number of aryl methyl sites for hydroxylation is 1. The largest absolute Gasteiger partial charge is 0.390 e. The fourth-order valence-electron chi connectivity index (χ4n) is 3.05. The van der Waals surface area contributed by atoms with Crippen molar-refractivity contribution in [3.63, 3.8) is 0 Å². The summed E-state index contributed by atoms with van der Waals surface area (Å²) < 4.78 is 5.33. The van der Waals surface area contributed by atoms with Gasteiger partial charge in [-0.05, 0) is 18.9 Å². The summed E-state index contributed by atoms with van der Waals surface area (Å²) in [6, 6.07) is 0. The van der Waals surface area contributed by atoms with Gasteiger partial charge in [-0.1, -0.05) is 0 Å². The Morgan fingerprint density at radius 3 is 2.81 bits per heavy atom. The summed E-state index contributed by atoms with van der Waals surface area (Å²) in [6.07, 6.45) is 2.60. The zero-order chi connectivity index (χ0) is 14.7. The van der Waals surface area contributed by atoms with Crippen LogP contribution in [0.5, 0.6) is 0 Å². The van der Waals surface area contributed by atoms with Crippen LogP contribution in [0.15, 0.2) is 6.20 Å². The zero-order valence-corrected chi connectivity index (χ0v) is 12.7. The highest BCUT2D eigenvalue weighted by atomic mass is 16.5. The minimum atomic E-state index is -0.312. The molecule has 21 heavy (non-hydrogen) atoms. The first-order valence-electron chi connectivity index (χ1n) is 7.72. The first-order valence-corrected chi connectivity index (χ1v) is 7.72. The molecule has 0 unspecified atom stereocenters. The molecule has 6 nitrogen and oxygen atoms in total. The van der Waals surface area contributed by atoms with Gasteiger partial charge in [0.2, 0.25) is 0 Å². The highest BCUT2D eigenvalue weighted by Gasteiger charge is 2.22. The minimum absolute atomic E-state index is 0.312. The van der Waals surface area contributed by atoms with Gasteiger partial charge in [0.15, 0.2) is 0 Å². The topological polar surface area (TPSA) is 61.7 Å². The van der Waals surface area contributed by atoms with Crippen molar-refractivity contribution in [1.29, 1.82) is 0 Å². The highest BCUT2D eigenvalue weighted by Crippen LogP contribution is 2.16. The van der Waals surface area contributed by atoms with E-state index in [1.54, 1.807) is 0 Å². The summed E-state index contributed by atoms with van der Waals surface area (Å²) in [7, 11) is 0. The van der Waals surface area contributed by atoms with Gasteiger partial charge in [0, 0.05) is 45.5 Å². The Hall–Kier alpha value is -1.08. The molecule has 1 aromatic rings. The smallest absolute Gasteiger partial charge is 0.125 e. The second-order valence-corrected chi connectivity index (χ2v) is 5.94. The van der Waals surface area contributed by atoms with Crippen molar-refractivity contribution >= 4 is 0 Å². The fraction of sp³-hybridized carbons (Fsp3) is 0.733. The number of rotatable bonds is 4. The van der Waals surface area contributed by atoms with E-state index in [0.717, 1.165) is 63.9 Å². The molecule has 0 saturated carbocycles. The Kier molecular flexibility index (Phi) is 4.80. The van der Waals surface area contributed by atoms with Gasteiger partial charge >= 0.3 is 0 Å². The molecule has 2 aliphatic heterocycles. The van der Waals surface area contributed by atoms with Crippen LogP contribution in [0.3, 0.4) is 0 Å². The molecular weight excluding hydrogens is 268 g/mol. The predicted molar refractivity (Wildman–Crippen MR) is 79.0 cm³/mol. The number of hydrogen-bond acceptors (Lipinski definition) is 6. The lowest BCUT2D eigenvalue weighted by atomic mass is 10.1. The maximum atomic E-state index is 10.3. The van der Waals surface area contributed by atoms with E-state index >= 15 is 0 Å². The molecule has 0 radical (unpaired) electrons. The highest BCUT2D eigenvalue weighted by molar-refractivity contribution is 5.20. The van der Waals surface area contributed by atoms with Gasteiger partial charge < -0.3 is 9.84 Å². The van der Waals surface area contributed by atoms with Gasteiger partial charge in [-0.15, -0.1) is 0 Å². The van der Waals surface area contributed by atoms with Crippen molar-refractivity contribution in [3.05, 3.63) is 23.3 Å². The third kappa shape index (κ3) is 3.97. The Bertz CT molecular complexity index is 477. The van der Waals surface area contributed by atoms with Crippen LogP contribution in [0.2, 0.25) is 0 Å². The lowest BCUT2D eigenvalue weighted by Gasteiger charge is -2.32. The zero-order valence-electron chi connectivity index (χ0n) is 12.7. The number of β-amino-alcohol motifs (C(OH)–C–C–N with tert-alkyl or cyclic N) is 1. The van der Waals surface area contributed by atoms with E-state index in [1.807, 2.05) is 13.1 Å². The standard InChI is InChI=1S/C15H24N4O2/c1-12-16-8-13-2-3-19(11-15(13)17-12)10-14(20)9-18-4-6-21-7-5-18/h8,14,20H,2-7,9-11H2,1H3/t14-/m0/s1. The summed E-state index contributed by atoms with van der Waals surface area (Å²) in [4.78, 5) is 13.4. The summed E-state index contributed by atoms with van der Waals surface area (Å²) >= 11 is 0. The number of nitrogens with zero attached hydrogens (tertiary/aromatic N) is 4. The van der Waals surface area contributed by atoms with Crippen molar-refractivity contribution < 1.29 is 9.84 Å². The number of aliphatic hydroxyl groups excluding tert-OH is 1. The van der Waals surface area contributed by atoms with Crippen LogP contribution in [-0.4, -0.2) is 76.9 Å². The normalized spacial score (nSPS) is 22.0. The van der Waals surface area contributed by atoms with E-state index < -0.39 is 0 Å². The molecule has 0 amide bonds. The predicted octanol–water partition coefficient (Wildman–Crippen LogP) is -0.164. The van der Waals surface area contributed by atoms with Gasteiger partial charge in [0.25, 0.3) is 0 Å². The van der Waals surface area contributed by atoms with Crippen LogP contribution in [0.1, 0.15) is 17.1 Å². The van der Waals surface area contributed by atoms with Crippen molar-refractivity contribution in [2.45, 2.75) is 26.0 Å². The third-order valence-electron chi connectivity index (χ3n) is 4.19. The first-order chi connectivity index (χ1) is 10.2. The molecule has 0 aromatic carbocycles. The average molecular weight is 292 g/mol. The number of morpholine rings is 1. The van der Waals surface area contributed by atoms with Crippen molar-refractivity contribution in [2.24, 2.45) is 0 Å². The molecule has 1 atom stereocenters. The van der Waals surface area contributed by atoms with Crippen LogP contribution in [0.4, 0.5) is 0 Å². The van der Waals surface area contributed by atoms with Crippen molar-refractivity contribution in [1.82, 2.24) is 19.8 Å². The van der Waals surface area contributed by atoms with Crippen LogP contribution < -0.4 is 0 Å². The van der Waals surface area contributed by atoms with Crippen molar-refractivity contribution in [2.75, 3.05) is 45.9 Å². The summed E-state index contributed by atoms with van der Waals surface area (Å²) in [5.74, 6) is 0.824. The number of fused-ring (bicyclic) bond motifs is 1. The van der Waals surface area contributed by atoms with Crippen LogP contribution in [0.25, 0.3) is 0 Å². The molecular formula is C15H24N4O2. The summed E-state index contributed by atoms with van der Waals surface area (Å²) in [5.41, 5.74) is 2.37.